The van der Waals surface area contributed by atoms with E-state index in [1.807, 2.05) is 0 Å². The number of hydrogen-bond donors (Lipinski definition) is 0. The Kier molecular flexibility index (Phi) is 13.2. The summed E-state index contributed by atoms with van der Waals surface area (Å²) < 4.78 is 0. The van der Waals surface area contributed by atoms with Gasteiger partial charge < -0.3 is 9.80 Å². The molecule has 0 atom stereocenters. The van der Waals surface area contributed by atoms with E-state index in [1.54, 1.807) is 0 Å². The third kappa shape index (κ3) is 9.92. The van der Waals surface area contributed by atoms with Gasteiger partial charge in [-0.25, -0.2) is 0 Å². The number of hydrogen-bond acceptors (Lipinski definition) is 2. The first-order chi connectivity index (χ1) is 33.0. The molecule has 9 aromatic rings. The number of aryl methyl sites for hydroxylation is 8. The van der Waals surface area contributed by atoms with E-state index in [2.05, 4.69) is 284 Å². The Bertz CT molecular complexity index is 2940. The SMILES string of the molecule is Cc1ccc(N(c2ccc(/C=C(\c3ccccc3)c3ccc(/C(=C/c4ccc(N(c5ccc(C)cc5C)c5ccc(C)cc5C)cc4)c4ccccc4)cc3)cc2)c2ccc(C)cc2C)c(C)c1. The minimum absolute atomic E-state index is 1.13. The fraction of sp³-hybridized carbons (Fsp3) is 0.121. The lowest BCUT2D eigenvalue weighted by Gasteiger charge is -2.29. The van der Waals surface area contributed by atoms with Crippen LogP contribution in [0.3, 0.4) is 0 Å². The molecular formula is C66H60N2. The summed E-state index contributed by atoms with van der Waals surface area (Å²) in [5.74, 6) is 0. The third-order valence-electron chi connectivity index (χ3n) is 13.0. The molecule has 0 aliphatic carbocycles. The van der Waals surface area contributed by atoms with Crippen molar-refractivity contribution in [3.05, 3.63) is 284 Å². The van der Waals surface area contributed by atoms with Crippen LogP contribution in [0.1, 0.15) is 77.9 Å². The lowest BCUT2D eigenvalue weighted by molar-refractivity contribution is 1.21. The highest BCUT2D eigenvalue weighted by atomic mass is 15.2. The van der Waals surface area contributed by atoms with Crippen molar-refractivity contribution in [2.45, 2.75) is 55.4 Å². The lowest BCUT2D eigenvalue weighted by atomic mass is 9.91. The number of anilines is 6. The molecule has 2 nitrogen and oxygen atoms in total. The highest BCUT2D eigenvalue weighted by Gasteiger charge is 2.19. The Labute approximate surface area is 404 Å². The predicted molar refractivity (Wildman–Crippen MR) is 293 cm³/mol. The molecule has 68 heavy (non-hydrogen) atoms. The van der Waals surface area contributed by atoms with Crippen LogP contribution in [0.25, 0.3) is 23.3 Å². The monoisotopic (exact) mass is 880 g/mol. The quantitative estimate of drug-likeness (QED) is 0.113. The van der Waals surface area contributed by atoms with Crippen LogP contribution in [-0.4, -0.2) is 0 Å². The second kappa shape index (κ2) is 19.9. The molecular weight excluding hydrogens is 821 g/mol. The van der Waals surface area contributed by atoms with Gasteiger partial charge in [0.25, 0.3) is 0 Å². The van der Waals surface area contributed by atoms with E-state index < -0.39 is 0 Å². The molecule has 0 aromatic heterocycles. The topological polar surface area (TPSA) is 6.48 Å². The van der Waals surface area contributed by atoms with Gasteiger partial charge in [-0.1, -0.05) is 180 Å². The summed E-state index contributed by atoms with van der Waals surface area (Å²) in [6, 6.07) is 75.5. The molecule has 2 heteroatoms. The van der Waals surface area contributed by atoms with Gasteiger partial charge in [-0.05, 0) is 183 Å². The molecule has 9 rings (SSSR count). The van der Waals surface area contributed by atoms with Gasteiger partial charge >= 0.3 is 0 Å². The third-order valence-corrected chi connectivity index (χ3v) is 13.0. The van der Waals surface area contributed by atoms with E-state index in [4.69, 9.17) is 0 Å². The van der Waals surface area contributed by atoms with Crippen LogP contribution in [0.5, 0.6) is 0 Å². The molecule has 0 N–H and O–H groups in total. The molecule has 0 aliphatic heterocycles. The highest BCUT2D eigenvalue weighted by molar-refractivity contribution is 5.95. The predicted octanol–water partition coefficient (Wildman–Crippen LogP) is 18.3. The van der Waals surface area contributed by atoms with E-state index in [0.29, 0.717) is 0 Å². The van der Waals surface area contributed by atoms with Gasteiger partial charge in [0.05, 0.1) is 0 Å². The maximum absolute atomic E-state index is 2.40. The van der Waals surface area contributed by atoms with Crippen molar-refractivity contribution in [1.82, 2.24) is 0 Å². The molecule has 0 radical (unpaired) electrons. The summed E-state index contributed by atoms with van der Waals surface area (Å²) in [6.45, 7) is 17.5. The van der Waals surface area contributed by atoms with Crippen molar-refractivity contribution < 1.29 is 0 Å². The van der Waals surface area contributed by atoms with Crippen molar-refractivity contribution in [3.63, 3.8) is 0 Å². The van der Waals surface area contributed by atoms with Gasteiger partial charge in [0.15, 0.2) is 0 Å². The zero-order chi connectivity index (χ0) is 47.3. The van der Waals surface area contributed by atoms with Crippen molar-refractivity contribution in [1.29, 1.82) is 0 Å². The summed E-state index contributed by atoms with van der Waals surface area (Å²) in [4.78, 5) is 4.79. The summed E-state index contributed by atoms with van der Waals surface area (Å²) in [5.41, 5.74) is 26.3. The van der Waals surface area contributed by atoms with Gasteiger partial charge in [0.1, 0.15) is 0 Å². The smallest absolute Gasteiger partial charge is 0.0491 e. The van der Waals surface area contributed by atoms with Crippen LogP contribution in [0, 0.1) is 55.4 Å². The first-order valence-corrected chi connectivity index (χ1v) is 23.7. The molecule has 0 saturated carbocycles. The zero-order valence-electron chi connectivity index (χ0n) is 40.7. The molecule has 0 heterocycles. The van der Waals surface area contributed by atoms with Crippen molar-refractivity contribution in [2.24, 2.45) is 0 Å². The maximum atomic E-state index is 2.40. The van der Waals surface area contributed by atoms with Gasteiger partial charge in [-0.3, -0.25) is 0 Å². The Hall–Kier alpha value is -7.94. The Morgan fingerprint density at radius 1 is 0.279 bits per heavy atom. The van der Waals surface area contributed by atoms with E-state index in [-0.39, 0.29) is 0 Å². The second-order valence-electron chi connectivity index (χ2n) is 18.4. The fourth-order valence-corrected chi connectivity index (χ4v) is 9.54. The first kappa shape index (κ1) is 45.2. The number of nitrogens with zero attached hydrogens (tertiary/aromatic N) is 2. The first-order valence-electron chi connectivity index (χ1n) is 23.7. The molecule has 0 amide bonds. The molecule has 9 aromatic carbocycles. The van der Waals surface area contributed by atoms with Crippen LogP contribution in [0.4, 0.5) is 34.1 Å². The minimum Gasteiger partial charge on any atom is -0.310 e. The van der Waals surface area contributed by atoms with Gasteiger partial charge in [0.2, 0.25) is 0 Å². The van der Waals surface area contributed by atoms with Crippen LogP contribution in [0.2, 0.25) is 0 Å². The van der Waals surface area contributed by atoms with E-state index >= 15 is 0 Å². The molecule has 0 fully saturated rings. The van der Waals surface area contributed by atoms with Gasteiger partial charge in [0, 0.05) is 34.1 Å². The van der Waals surface area contributed by atoms with Crippen molar-refractivity contribution in [3.8, 4) is 0 Å². The average molecular weight is 881 g/mol. The van der Waals surface area contributed by atoms with Crippen molar-refractivity contribution >= 4 is 57.4 Å². The van der Waals surface area contributed by atoms with Gasteiger partial charge in [-0.2, -0.15) is 0 Å². The van der Waals surface area contributed by atoms with E-state index in [1.165, 1.54) is 89.5 Å². The molecule has 334 valence electrons. The van der Waals surface area contributed by atoms with E-state index in [0.717, 1.165) is 33.6 Å². The summed E-state index contributed by atoms with van der Waals surface area (Å²) >= 11 is 0. The second-order valence-corrected chi connectivity index (χ2v) is 18.4. The summed E-state index contributed by atoms with van der Waals surface area (Å²) in [5, 5.41) is 0. The van der Waals surface area contributed by atoms with Gasteiger partial charge in [-0.15, -0.1) is 0 Å². The van der Waals surface area contributed by atoms with E-state index in [9.17, 15) is 0 Å². The van der Waals surface area contributed by atoms with Crippen LogP contribution >= 0.6 is 0 Å². The largest absolute Gasteiger partial charge is 0.310 e. The number of benzene rings is 9. The summed E-state index contributed by atoms with van der Waals surface area (Å²) in [6.07, 6.45) is 4.64. The van der Waals surface area contributed by atoms with Crippen LogP contribution in [-0.2, 0) is 0 Å². The molecule has 0 bridgehead atoms. The Morgan fingerprint density at radius 2 is 0.544 bits per heavy atom. The molecule has 0 saturated heterocycles. The summed E-state index contributed by atoms with van der Waals surface area (Å²) in [7, 11) is 0. The number of rotatable bonds is 12. The molecule has 0 spiro atoms. The standard InChI is InChI=1S/C66H60N2/c1-45-19-35-63(49(5)39-45)67(64-36-20-46(2)40-50(64)6)59-31-23-53(24-32-59)43-61(55-15-11-9-12-16-55)57-27-29-58(30-28-57)62(56-17-13-10-14-18-56)44-54-25-33-60(34-26-54)68(65-37-21-47(3)41-51(65)7)66-38-22-48(4)42-52(66)8/h9-44H,1-8H3/b61-43+,62-44+. The normalized spacial score (nSPS) is 11.7. The van der Waals surface area contributed by atoms with Crippen molar-refractivity contribution in [2.75, 3.05) is 9.80 Å². The van der Waals surface area contributed by atoms with Crippen LogP contribution in [0.15, 0.2) is 206 Å². The maximum Gasteiger partial charge on any atom is 0.0491 e. The fourth-order valence-electron chi connectivity index (χ4n) is 9.54. The average Bonchev–Trinajstić information content (AvgIpc) is 3.34. The zero-order valence-corrected chi connectivity index (χ0v) is 40.7. The minimum atomic E-state index is 1.13. The van der Waals surface area contributed by atoms with Crippen LogP contribution < -0.4 is 9.80 Å². The lowest BCUT2D eigenvalue weighted by Crippen LogP contribution is -2.13. The Morgan fingerprint density at radius 3 is 0.809 bits per heavy atom. The molecule has 0 aliphatic rings. The molecule has 0 unspecified atom stereocenters. The Balaban J connectivity index is 1.06. The highest BCUT2D eigenvalue weighted by Crippen LogP contribution is 2.41.